The van der Waals surface area contributed by atoms with Crippen molar-refractivity contribution in [3.63, 3.8) is 0 Å². The van der Waals surface area contributed by atoms with Gasteiger partial charge in [0, 0.05) is 6.20 Å². The van der Waals surface area contributed by atoms with Crippen LogP contribution in [0.4, 0.5) is 5.82 Å². The molecule has 0 aromatic carbocycles. The Morgan fingerprint density at radius 2 is 1.55 bits per heavy atom. The molecule has 2 heterocycles. The first-order chi connectivity index (χ1) is 17.9. The fraction of sp³-hybridized carbons (Fsp3) is 0.821. The van der Waals surface area contributed by atoms with Gasteiger partial charge < -0.3 is 19.3 Å². The van der Waals surface area contributed by atoms with Crippen molar-refractivity contribution in [2.75, 3.05) is 12.3 Å². The van der Waals surface area contributed by atoms with Crippen LogP contribution in [0.1, 0.15) is 87.3 Å². The quantitative estimate of drug-likeness (QED) is 0.306. The molecule has 0 amide bonds. The molecule has 2 saturated carbocycles. The van der Waals surface area contributed by atoms with Crippen LogP contribution in [0.15, 0.2) is 17.1 Å². The molecule has 2 aliphatic carbocycles. The van der Waals surface area contributed by atoms with E-state index >= 15 is 0 Å². The molecule has 1 saturated heterocycles. The molecule has 2 N–H and O–H groups in total. The molecule has 38 heavy (non-hydrogen) atoms. The molecule has 10 heteroatoms. The predicted octanol–water partition coefficient (Wildman–Crippen LogP) is 6.12. The SMILES string of the molecule is CC(C)[Si](OC[C@H]1O[C@@H](n2ccc(N)nc2=O)[C@@H](C#N)[C@@H]1O[Si](C(C)C)(C(C)C)C1CC1)(C(C)C)C1CC1. The standard InChI is InChI=1S/C28H48N4O4Si2/c1-17(2)37(18(3)4,21-9-10-21)34-16-24-26(36-38(19(5)6,20(7)8)22-11-12-22)23(15-29)27(35-24)32-14-13-25(30)31-28(32)33/h13-14,17-24,26-27H,9-12,16H2,1-8H3,(H2,30,31,33)/t23-,24+,26-,27+/m0/s1. The summed E-state index contributed by atoms with van der Waals surface area (Å²) in [5.74, 6) is -0.496. The molecule has 0 unspecified atom stereocenters. The van der Waals surface area contributed by atoms with Crippen LogP contribution in [-0.4, -0.2) is 45.0 Å². The number of anilines is 1. The van der Waals surface area contributed by atoms with Gasteiger partial charge in [0.25, 0.3) is 0 Å². The minimum absolute atomic E-state index is 0.152. The lowest BCUT2D eigenvalue weighted by atomic mass is 10.0. The van der Waals surface area contributed by atoms with Gasteiger partial charge in [-0.15, -0.1) is 0 Å². The lowest BCUT2D eigenvalue weighted by Crippen LogP contribution is -2.53. The Hall–Kier alpha value is -1.52. The number of ether oxygens (including phenoxy) is 1. The molecule has 1 aromatic heterocycles. The number of hydrogen-bond acceptors (Lipinski definition) is 7. The largest absolute Gasteiger partial charge is 0.413 e. The lowest BCUT2D eigenvalue weighted by Gasteiger charge is -2.43. The second kappa shape index (κ2) is 11.2. The Morgan fingerprint density at radius 3 is 2.00 bits per heavy atom. The van der Waals surface area contributed by atoms with E-state index in [1.165, 1.54) is 30.3 Å². The molecular weight excluding hydrogens is 513 g/mol. The predicted molar refractivity (Wildman–Crippen MR) is 155 cm³/mol. The number of rotatable bonds is 12. The maximum atomic E-state index is 12.8. The number of nitrogens with two attached hydrogens (primary N) is 1. The van der Waals surface area contributed by atoms with E-state index in [-0.39, 0.29) is 5.82 Å². The summed E-state index contributed by atoms with van der Waals surface area (Å²) in [6, 6.07) is 4.06. The highest BCUT2D eigenvalue weighted by Gasteiger charge is 2.60. The first-order valence-electron chi connectivity index (χ1n) is 14.6. The van der Waals surface area contributed by atoms with Crippen LogP contribution < -0.4 is 11.4 Å². The van der Waals surface area contributed by atoms with Crippen molar-refractivity contribution in [2.45, 2.75) is 133 Å². The molecule has 0 spiro atoms. The molecule has 8 nitrogen and oxygen atoms in total. The minimum Gasteiger partial charge on any atom is -0.413 e. The molecular formula is C28H48N4O4Si2. The smallest absolute Gasteiger partial charge is 0.351 e. The number of nitriles is 1. The van der Waals surface area contributed by atoms with E-state index < -0.39 is 46.7 Å². The maximum absolute atomic E-state index is 12.8. The summed E-state index contributed by atoms with van der Waals surface area (Å²) in [7, 11) is -4.34. The van der Waals surface area contributed by atoms with E-state index in [0.717, 1.165) is 0 Å². The van der Waals surface area contributed by atoms with Gasteiger partial charge in [0.15, 0.2) is 6.23 Å². The van der Waals surface area contributed by atoms with Crippen LogP contribution in [0.25, 0.3) is 0 Å². The number of aromatic nitrogens is 2. The zero-order valence-electron chi connectivity index (χ0n) is 24.5. The van der Waals surface area contributed by atoms with Crippen LogP contribution in [0.3, 0.4) is 0 Å². The monoisotopic (exact) mass is 560 g/mol. The van der Waals surface area contributed by atoms with Gasteiger partial charge in [-0.05, 0) is 39.3 Å². The van der Waals surface area contributed by atoms with E-state index in [4.69, 9.17) is 19.3 Å². The van der Waals surface area contributed by atoms with Gasteiger partial charge in [0.05, 0.1) is 18.8 Å². The van der Waals surface area contributed by atoms with E-state index in [1.807, 2.05) is 0 Å². The van der Waals surface area contributed by atoms with E-state index in [9.17, 15) is 10.1 Å². The van der Waals surface area contributed by atoms with Crippen molar-refractivity contribution in [1.29, 1.82) is 5.26 Å². The summed E-state index contributed by atoms with van der Waals surface area (Å²) in [6.07, 6.45) is 4.76. The second-order valence-corrected chi connectivity index (χ2v) is 23.2. The summed E-state index contributed by atoms with van der Waals surface area (Å²) in [5, 5.41) is 10.5. The first kappa shape index (κ1) is 29.5. The van der Waals surface area contributed by atoms with Crippen LogP contribution in [0, 0.1) is 17.2 Å². The highest BCUT2D eigenvalue weighted by atomic mass is 28.4. The fourth-order valence-electron chi connectivity index (χ4n) is 7.58. The third-order valence-corrected chi connectivity index (χ3v) is 21.8. The van der Waals surface area contributed by atoms with Crippen LogP contribution in [-0.2, 0) is 13.6 Å². The Morgan fingerprint density at radius 1 is 1.03 bits per heavy atom. The topological polar surface area (TPSA) is 112 Å². The van der Waals surface area contributed by atoms with Gasteiger partial charge in [0.1, 0.15) is 17.8 Å². The lowest BCUT2D eigenvalue weighted by molar-refractivity contribution is -0.0432. The zero-order valence-corrected chi connectivity index (χ0v) is 26.5. The molecule has 212 valence electrons. The second-order valence-electron chi connectivity index (χ2n) is 13.0. The molecule has 0 bridgehead atoms. The van der Waals surface area contributed by atoms with E-state index in [1.54, 1.807) is 12.3 Å². The van der Waals surface area contributed by atoms with Crippen molar-refractivity contribution in [3.05, 3.63) is 22.7 Å². The molecule has 3 aliphatic rings. The third kappa shape index (κ3) is 5.17. The third-order valence-electron chi connectivity index (χ3n) is 9.49. The Kier molecular flexibility index (Phi) is 8.66. The minimum atomic E-state index is -2.26. The van der Waals surface area contributed by atoms with Gasteiger partial charge >= 0.3 is 5.69 Å². The number of hydrogen-bond donors (Lipinski definition) is 1. The Balaban J connectivity index is 1.72. The maximum Gasteiger partial charge on any atom is 0.351 e. The van der Waals surface area contributed by atoms with Gasteiger partial charge in [-0.1, -0.05) is 81.1 Å². The van der Waals surface area contributed by atoms with Gasteiger partial charge in [-0.3, -0.25) is 4.57 Å². The molecule has 4 rings (SSSR count). The molecule has 1 aliphatic heterocycles. The molecule has 1 aromatic rings. The van der Waals surface area contributed by atoms with Crippen LogP contribution in [0.2, 0.25) is 33.2 Å². The van der Waals surface area contributed by atoms with Crippen LogP contribution >= 0.6 is 0 Å². The van der Waals surface area contributed by atoms with Gasteiger partial charge in [-0.25, -0.2) is 4.79 Å². The van der Waals surface area contributed by atoms with Crippen molar-refractivity contribution < 1.29 is 13.6 Å². The average Bonchev–Trinajstić information content (AvgIpc) is 3.75. The number of nitrogen functional groups attached to an aromatic ring is 1. The van der Waals surface area contributed by atoms with Gasteiger partial charge in [-0.2, -0.15) is 10.2 Å². The number of nitrogens with zero attached hydrogens (tertiary/aromatic N) is 3. The van der Waals surface area contributed by atoms with Crippen molar-refractivity contribution >= 4 is 22.5 Å². The summed E-state index contributed by atoms with van der Waals surface area (Å²) < 4.78 is 22.4. The van der Waals surface area contributed by atoms with E-state index in [0.29, 0.717) is 39.9 Å². The highest BCUT2D eigenvalue weighted by molar-refractivity contribution is 6.79. The highest BCUT2D eigenvalue weighted by Crippen LogP contribution is 2.58. The average molecular weight is 561 g/mol. The Bertz CT molecular complexity index is 1050. The Labute approximate surface area is 230 Å². The zero-order chi connectivity index (χ0) is 28.0. The fourth-order valence-corrected chi connectivity index (χ4v) is 19.0. The van der Waals surface area contributed by atoms with Gasteiger partial charge in [0.2, 0.25) is 16.6 Å². The summed E-state index contributed by atoms with van der Waals surface area (Å²) >= 11 is 0. The van der Waals surface area contributed by atoms with Crippen molar-refractivity contribution in [3.8, 4) is 6.07 Å². The normalized spacial score (nSPS) is 26.6. The molecule has 3 fully saturated rings. The first-order valence-corrected chi connectivity index (χ1v) is 18.9. The summed E-state index contributed by atoms with van der Waals surface area (Å²) in [6.45, 7) is 18.7. The summed E-state index contributed by atoms with van der Waals surface area (Å²) in [4.78, 5) is 16.7. The summed E-state index contributed by atoms with van der Waals surface area (Å²) in [5.41, 5.74) is 8.28. The molecule has 4 atom stereocenters. The van der Waals surface area contributed by atoms with E-state index in [2.05, 4.69) is 66.4 Å². The van der Waals surface area contributed by atoms with Crippen LogP contribution in [0.5, 0.6) is 0 Å². The van der Waals surface area contributed by atoms with Crippen molar-refractivity contribution in [1.82, 2.24) is 9.55 Å². The van der Waals surface area contributed by atoms with Crippen molar-refractivity contribution in [2.24, 2.45) is 5.92 Å². The molecule has 0 radical (unpaired) electrons.